The van der Waals surface area contributed by atoms with Gasteiger partial charge in [0, 0.05) is 42.5 Å². The Morgan fingerprint density at radius 2 is 1.87 bits per heavy atom. The second-order valence-corrected chi connectivity index (χ2v) is 9.98. The van der Waals surface area contributed by atoms with E-state index in [1.807, 2.05) is 0 Å². The fourth-order valence-electron chi connectivity index (χ4n) is 4.74. The summed E-state index contributed by atoms with van der Waals surface area (Å²) in [6.45, 7) is 4.58. The molecule has 1 atom stereocenters. The van der Waals surface area contributed by atoms with E-state index in [4.69, 9.17) is 19.4 Å². The normalized spacial score (nSPS) is 22.5. The summed E-state index contributed by atoms with van der Waals surface area (Å²) >= 11 is 1.75. The molecule has 4 heterocycles. The third-order valence-electron chi connectivity index (χ3n) is 6.79. The molecule has 0 spiro atoms. The third-order valence-corrected chi connectivity index (χ3v) is 7.66. The molecule has 3 fully saturated rings. The Bertz CT molecular complexity index is 1040. The number of thiophene rings is 1. The minimum atomic E-state index is 0.355. The molecule has 2 saturated heterocycles. The number of nitrogens with zero attached hydrogens (tertiary/aromatic N) is 3. The molecular formula is C25H29N3O2S. The fourth-order valence-corrected chi connectivity index (χ4v) is 5.69. The van der Waals surface area contributed by atoms with Crippen LogP contribution in [0.15, 0.2) is 35.7 Å². The molecule has 1 saturated carbocycles. The molecule has 3 aromatic rings. The van der Waals surface area contributed by atoms with Gasteiger partial charge in [-0.05, 0) is 37.7 Å². The van der Waals surface area contributed by atoms with Crippen molar-refractivity contribution in [3.8, 4) is 11.1 Å². The Labute approximate surface area is 187 Å². The van der Waals surface area contributed by atoms with Crippen LogP contribution in [0.25, 0.3) is 21.3 Å². The molecule has 0 bridgehead atoms. The van der Waals surface area contributed by atoms with E-state index in [9.17, 15) is 0 Å². The minimum Gasteiger partial charge on any atom is -0.381 e. The molecule has 0 radical (unpaired) electrons. The summed E-state index contributed by atoms with van der Waals surface area (Å²) in [6, 6.07) is 10.7. The van der Waals surface area contributed by atoms with Crippen molar-refractivity contribution < 1.29 is 9.47 Å². The van der Waals surface area contributed by atoms with Crippen LogP contribution in [0, 0.1) is 5.92 Å². The zero-order chi connectivity index (χ0) is 20.6. The van der Waals surface area contributed by atoms with Crippen molar-refractivity contribution in [3.05, 3.63) is 41.5 Å². The van der Waals surface area contributed by atoms with Gasteiger partial charge in [-0.25, -0.2) is 9.97 Å². The second kappa shape index (κ2) is 8.49. The van der Waals surface area contributed by atoms with Gasteiger partial charge in [0.15, 0.2) is 0 Å². The predicted octanol–water partition coefficient (Wildman–Crippen LogP) is 5.26. The van der Waals surface area contributed by atoms with Gasteiger partial charge in [-0.15, -0.1) is 11.3 Å². The Balaban J connectivity index is 1.26. The molecule has 162 valence electrons. The highest BCUT2D eigenvalue weighted by Gasteiger charge is 2.31. The maximum absolute atomic E-state index is 6.25. The van der Waals surface area contributed by atoms with Crippen LogP contribution in [0.2, 0.25) is 0 Å². The third kappa shape index (κ3) is 4.09. The molecule has 0 N–H and O–H groups in total. The smallest absolute Gasteiger partial charge is 0.141 e. The van der Waals surface area contributed by atoms with Gasteiger partial charge in [0.05, 0.1) is 24.7 Å². The first-order valence-electron chi connectivity index (χ1n) is 11.6. The number of benzene rings is 1. The first-order chi connectivity index (χ1) is 15.3. The average Bonchev–Trinajstić information content (AvgIpc) is 3.37. The average molecular weight is 436 g/mol. The monoisotopic (exact) mass is 435 g/mol. The molecule has 5 nitrogen and oxygen atoms in total. The van der Waals surface area contributed by atoms with Crippen molar-refractivity contribution in [2.45, 2.75) is 44.1 Å². The van der Waals surface area contributed by atoms with Gasteiger partial charge in [-0.2, -0.15) is 0 Å². The molecule has 2 aromatic heterocycles. The molecule has 2 aliphatic heterocycles. The minimum absolute atomic E-state index is 0.355. The maximum Gasteiger partial charge on any atom is 0.141 e. The van der Waals surface area contributed by atoms with Gasteiger partial charge in [-0.1, -0.05) is 30.3 Å². The van der Waals surface area contributed by atoms with E-state index in [-0.39, 0.29) is 0 Å². The number of fused-ring (bicyclic) bond motifs is 1. The number of piperidine rings is 1. The lowest BCUT2D eigenvalue weighted by molar-refractivity contribution is 0.0131. The summed E-state index contributed by atoms with van der Waals surface area (Å²) in [4.78, 5) is 13.7. The van der Waals surface area contributed by atoms with Crippen LogP contribution in [0.5, 0.6) is 0 Å². The SMILES string of the molecule is c1ccc(-c2csc3nc(C4CC4)nc(N4CCC(OCC5CCOC5)CC4)c23)cc1. The van der Waals surface area contributed by atoms with Crippen molar-refractivity contribution in [1.82, 2.24) is 9.97 Å². The topological polar surface area (TPSA) is 47.5 Å². The Hall–Kier alpha value is -2.02. The van der Waals surface area contributed by atoms with Crippen LogP contribution in [0.4, 0.5) is 5.82 Å². The number of aromatic nitrogens is 2. The number of rotatable bonds is 6. The van der Waals surface area contributed by atoms with Gasteiger partial charge in [0.1, 0.15) is 16.5 Å². The fraction of sp³-hybridized carbons (Fsp3) is 0.520. The van der Waals surface area contributed by atoms with Crippen molar-refractivity contribution in [3.63, 3.8) is 0 Å². The zero-order valence-electron chi connectivity index (χ0n) is 17.8. The van der Waals surface area contributed by atoms with Gasteiger partial charge in [0.25, 0.3) is 0 Å². The van der Waals surface area contributed by atoms with Crippen LogP contribution < -0.4 is 4.90 Å². The van der Waals surface area contributed by atoms with Crippen molar-refractivity contribution in [2.75, 3.05) is 37.8 Å². The van der Waals surface area contributed by atoms with Crippen LogP contribution in [-0.2, 0) is 9.47 Å². The molecule has 1 aliphatic carbocycles. The first kappa shape index (κ1) is 19.6. The molecule has 3 aliphatic rings. The highest BCUT2D eigenvalue weighted by molar-refractivity contribution is 7.17. The Morgan fingerprint density at radius 3 is 2.61 bits per heavy atom. The molecule has 6 rings (SSSR count). The van der Waals surface area contributed by atoms with Crippen LogP contribution in [-0.4, -0.2) is 49.0 Å². The van der Waals surface area contributed by atoms with E-state index in [2.05, 4.69) is 40.6 Å². The summed E-state index contributed by atoms with van der Waals surface area (Å²) < 4.78 is 11.7. The van der Waals surface area contributed by atoms with E-state index in [0.717, 1.165) is 68.6 Å². The first-order valence-corrected chi connectivity index (χ1v) is 12.5. The lowest BCUT2D eigenvalue weighted by atomic mass is 10.0. The van der Waals surface area contributed by atoms with Gasteiger partial charge >= 0.3 is 0 Å². The van der Waals surface area contributed by atoms with Crippen LogP contribution >= 0.6 is 11.3 Å². The highest BCUT2D eigenvalue weighted by Crippen LogP contribution is 2.44. The van der Waals surface area contributed by atoms with Gasteiger partial charge in [0.2, 0.25) is 0 Å². The number of anilines is 1. The number of hydrogen-bond acceptors (Lipinski definition) is 6. The standard InChI is InChI=1S/C25H29N3O2S/c1-2-4-18(5-3-1)21-16-31-25-22(21)24(26-23(27-25)19-6-7-19)28-11-8-20(9-12-28)30-15-17-10-13-29-14-17/h1-5,16-17,19-20H,6-15H2. The van der Waals surface area contributed by atoms with Crippen molar-refractivity contribution >= 4 is 27.4 Å². The van der Waals surface area contributed by atoms with Crippen LogP contribution in [0.3, 0.4) is 0 Å². The molecule has 6 heteroatoms. The van der Waals surface area contributed by atoms with Gasteiger partial charge < -0.3 is 14.4 Å². The summed E-state index contributed by atoms with van der Waals surface area (Å²) in [6.07, 6.45) is 6.06. The number of hydrogen-bond donors (Lipinski definition) is 0. The Morgan fingerprint density at radius 1 is 1.03 bits per heavy atom. The maximum atomic E-state index is 6.25. The summed E-state index contributed by atoms with van der Waals surface area (Å²) in [5.74, 6) is 3.32. The lowest BCUT2D eigenvalue weighted by Crippen LogP contribution is -2.38. The number of ether oxygens (including phenoxy) is 2. The predicted molar refractivity (Wildman–Crippen MR) is 125 cm³/mol. The summed E-state index contributed by atoms with van der Waals surface area (Å²) in [7, 11) is 0. The van der Waals surface area contributed by atoms with E-state index >= 15 is 0 Å². The van der Waals surface area contributed by atoms with E-state index in [1.54, 1.807) is 11.3 Å². The summed E-state index contributed by atoms with van der Waals surface area (Å²) in [5.41, 5.74) is 2.51. The highest BCUT2D eigenvalue weighted by atomic mass is 32.1. The Kier molecular flexibility index (Phi) is 5.38. The van der Waals surface area contributed by atoms with Crippen molar-refractivity contribution in [2.24, 2.45) is 5.92 Å². The molecule has 1 aromatic carbocycles. The quantitative estimate of drug-likeness (QED) is 0.529. The molecule has 1 unspecified atom stereocenters. The summed E-state index contributed by atoms with van der Waals surface area (Å²) in [5, 5.41) is 3.48. The molecular weight excluding hydrogens is 406 g/mol. The molecule has 0 amide bonds. The van der Waals surface area contributed by atoms with Crippen LogP contribution in [0.1, 0.15) is 43.8 Å². The molecule has 31 heavy (non-hydrogen) atoms. The lowest BCUT2D eigenvalue weighted by Gasteiger charge is -2.33. The van der Waals surface area contributed by atoms with Crippen molar-refractivity contribution in [1.29, 1.82) is 0 Å². The van der Waals surface area contributed by atoms with E-state index in [0.29, 0.717) is 17.9 Å². The van der Waals surface area contributed by atoms with E-state index < -0.39 is 0 Å². The second-order valence-electron chi connectivity index (χ2n) is 9.12. The van der Waals surface area contributed by atoms with Gasteiger partial charge in [-0.3, -0.25) is 0 Å². The largest absolute Gasteiger partial charge is 0.381 e. The zero-order valence-corrected chi connectivity index (χ0v) is 18.7. The van der Waals surface area contributed by atoms with E-state index in [1.165, 1.54) is 29.4 Å².